The van der Waals surface area contributed by atoms with E-state index in [0.29, 0.717) is 10.7 Å². The lowest BCUT2D eigenvalue weighted by atomic mass is 10.1. The number of rotatable bonds is 5. The molecule has 0 fully saturated rings. The molecule has 0 aliphatic rings. The summed E-state index contributed by atoms with van der Waals surface area (Å²) in [5.74, 6) is 0.828. The third kappa shape index (κ3) is 2.76. The highest BCUT2D eigenvalue weighted by atomic mass is 35.5. The van der Waals surface area contributed by atoms with Crippen molar-refractivity contribution in [2.45, 2.75) is 19.8 Å². The van der Waals surface area contributed by atoms with E-state index in [-0.39, 0.29) is 0 Å². The summed E-state index contributed by atoms with van der Waals surface area (Å²) in [4.78, 5) is 10.7. The third-order valence-electron chi connectivity index (χ3n) is 3.56. The lowest BCUT2D eigenvalue weighted by Gasteiger charge is -2.18. The molecule has 5 nitrogen and oxygen atoms in total. The van der Waals surface area contributed by atoms with Crippen LogP contribution in [0.5, 0.6) is 0 Å². The van der Waals surface area contributed by atoms with E-state index in [1.807, 2.05) is 31.3 Å². The van der Waals surface area contributed by atoms with E-state index >= 15 is 0 Å². The summed E-state index contributed by atoms with van der Waals surface area (Å²) in [6.45, 7) is 3.09. The maximum absolute atomic E-state index is 6.08. The smallest absolute Gasteiger partial charge is 0.263 e. The zero-order valence-electron chi connectivity index (χ0n) is 12.6. The lowest BCUT2D eigenvalue weighted by molar-refractivity contribution is 0.451. The molecule has 114 valence electrons. The van der Waals surface area contributed by atoms with Gasteiger partial charge in [-0.25, -0.2) is 4.98 Å². The van der Waals surface area contributed by atoms with Gasteiger partial charge in [-0.1, -0.05) is 42.2 Å². The first kappa shape index (κ1) is 14.8. The Labute approximate surface area is 133 Å². The van der Waals surface area contributed by atoms with Crippen molar-refractivity contribution in [3.05, 3.63) is 35.6 Å². The van der Waals surface area contributed by atoms with Crippen LogP contribution in [-0.2, 0) is 0 Å². The van der Waals surface area contributed by atoms with Gasteiger partial charge in [-0.3, -0.25) is 0 Å². The van der Waals surface area contributed by atoms with Gasteiger partial charge in [0.25, 0.3) is 5.71 Å². The molecule has 0 saturated carbocycles. The lowest BCUT2D eigenvalue weighted by Crippen LogP contribution is -2.19. The number of halogens is 1. The molecule has 3 rings (SSSR count). The highest BCUT2D eigenvalue weighted by Gasteiger charge is 2.19. The highest BCUT2D eigenvalue weighted by Crippen LogP contribution is 2.33. The van der Waals surface area contributed by atoms with Crippen molar-refractivity contribution in [1.29, 1.82) is 0 Å². The summed E-state index contributed by atoms with van der Waals surface area (Å²) >= 11 is 6.08. The number of hydrogen-bond donors (Lipinski definition) is 0. The van der Waals surface area contributed by atoms with Crippen molar-refractivity contribution in [2.24, 2.45) is 0 Å². The summed E-state index contributed by atoms with van der Waals surface area (Å²) in [5, 5.41) is 5.65. The van der Waals surface area contributed by atoms with E-state index in [9.17, 15) is 0 Å². The number of aromatic nitrogens is 3. The second-order valence-electron chi connectivity index (χ2n) is 5.19. The molecule has 0 spiro atoms. The molecule has 0 amide bonds. The minimum Gasteiger partial charge on any atom is -0.359 e. The van der Waals surface area contributed by atoms with E-state index in [1.54, 1.807) is 0 Å². The summed E-state index contributed by atoms with van der Waals surface area (Å²) in [6, 6.07) is 7.54. The van der Waals surface area contributed by atoms with Gasteiger partial charge in [-0.15, -0.1) is 0 Å². The normalized spacial score (nSPS) is 11.0. The van der Waals surface area contributed by atoms with Gasteiger partial charge in [0.05, 0.1) is 0 Å². The number of fused-ring (bicyclic) bond motifs is 1. The van der Waals surface area contributed by atoms with Gasteiger partial charge in [0.15, 0.2) is 0 Å². The van der Waals surface area contributed by atoms with Crippen molar-refractivity contribution in [2.75, 3.05) is 18.5 Å². The Hall–Kier alpha value is -2.14. The minimum atomic E-state index is 0.489. The van der Waals surface area contributed by atoms with E-state index < -0.39 is 0 Å². The van der Waals surface area contributed by atoms with Crippen LogP contribution in [-0.4, -0.2) is 28.7 Å². The molecule has 22 heavy (non-hydrogen) atoms. The molecule has 0 bridgehead atoms. The van der Waals surface area contributed by atoms with Crippen LogP contribution in [0.15, 0.2) is 35.1 Å². The van der Waals surface area contributed by atoms with Gasteiger partial charge in [0.1, 0.15) is 23.2 Å². The zero-order chi connectivity index (χ0) is 15.5. The Morgan fingerprint density at radius 3 is 2.91 bits per heavy atom. The molecule has 2 aromatic heterocycles. The monoisotopic (exact) mass is 316 g/mol. The Balaban J connectivity index is 2.12. The molecule has 0 aliphatic carbocycles. The average Bonchev–Trinajstić information content (AvgIpc) is 2.96. The molecule has 6 heteroatoms. The van der Waals surface area contributed by atoms with Gasteiger partial charge in [-0.05, 0) is 18.6 Å². The van der Waals surface area contributed by atoms with E-state index in [1.165, 1.54) is 6.33 Å². The largest absolute Gasteiger partial charge is 0.359 e. The van der Waals surface area contributed by atoms with Crippen LogP contribution in [0, 0.1) is 0 Å². The van der Waals surface area contributed by atoms with E-state index in [2.05, 4.69) is 26.9 Å². The van der Waals surface area contributed by atoms with Crippen molar-refractivity contribution in [3.8, 4) is 11.3 Å². The maximum Gasteiger partial charge on any atom is 0.263 e. The number of benzene rings is 1. The zero-order valence-corrected chi connectivity index (χ0v) is 13.3. The van der Waals surface area contributed by atoms with Crippen molar-refractivity contribution in [3.63, 3.8) is 0 Å². The van der Waals surface area contributed by atoms with Crippen LogP contribution in [0.1, 0.15) is 19.8 Å². The van der Waals surface area contributed by atoms with Gasteiger partial charge >= 0.3 is 0 Å². The molecule has 3 aromatic rings. The molecule has 0 atom stereocenters. The molecule has 0 N–H and O–H groups in total. The van der Waals surface area contributed by atoms with Gasteiger partial charge in [0, 0.05) is 24.2 Å². The fourth-order valence-corrected chi connectivity index (χ4v) is 2.59. The quantitative estimate of drug-likeness (QED) is 0.707. The summed E-state index contributed by atoms with van der Waals surface area (Å²) in [5.41, 5.74) is 2.10. The Kier molecular flexibility index (Phi) is 4.24. The predicted molar refractivity (Wildman–Crippen MR) is 88.2 cm³/mol. The van der Waals surface area contributed by atoms with Crippen LogP contribution in [0.4, 0.5) is 5.82 Å². The number of nitrogens with zero attached hydrogens (tertiary/aromatic N) is 4. The molecule has 0 unspecified atom stereocenters. The predicted octanol–water partition coefficient (Wildman–Crippen LogP) is 4.17. The molecule has 0 radical (unpaired) electrons. The standard InChI is InChI=1S/C16H17ClN4O/c1-3-4-8-21(2)15-13-14(11-6-5-7-12(17)9-11)20-22-16(13)19-10-18-15/h5-7,9-10H,3-4,8H2,1-2H3. The molecular formula is C16H17ClN4O. The topological polar surface area (TPSA) is 55.1 Å². The fourth-order valence-electron chi connectivity index (χ4n) is 2.40. The van der Waals surface area contributed by atoms with Crippen LogP contribution in [0.2, 0.25) is 5.02 Å². The number of unbranched alkanes of at least 4 members (excludes halogenated alkanes) is 1. The Morgan fingerprint density at radius 1 is 1.27 bits per heavy atom. The van der Waals surface area contributed by atoms with Gasteiger partial charge in [0.2, 0.25) is 0 Å². The SMILES string of the molecule is CCCCN(C)c1ncnc2onc(-c3cccc(Cl)c3)c12. The first-order valence-corrected chi connectivity index (χ1v) is 7.66. The molecular weight excluding hydrogens is 300 g/mol. The first-order valence-electron chi connectivity index (χ1n) is 7.28. The van der Waals surface area contributed by atoms with E-state index in [0.717, 1.165) is 41.8 Å². The number of hydrogen-bond acceptors (Lipinski definition) is 5. The van der Waals surface area contributed by atoms with Crippen LogP contribution < -0.4 is 4.90 Å². The number of anilines is 1. The molecule has 0 saturated heterocycles. The van der Waals surface area contributed by atoms with Crippen LogP contribution in [0.3, 0.4) is 0 Å². The van der Waals surface area contributed by atoms with Crippen molar-refractivity contribution >= 4 is 28.5 Å². The second kappa shape index (κ2) is 6.32. The summed E-state index contributed by atoms with van der Waals surface area (Å²) in [6.07, 6.45) is 3.73. The molecule has 2 heterocycles. The maximum atomic E-state index is 6.08. The minimum absolute atomic E-state index is 0.489. The first-order chi connectivity index (χ1) is 10.7. The van der Waals surface area contributed by atoms with Gasteiger partial charge in [-0.2, -0.15) is 4.98 Å². The third-order valence-corrected chi connectivity index (χ3v) is 3.79. The Bertz CT molecular complexity index is 787. The van der Waals surface area contributed by atoms with Crippen LogP contribution >= 0.6 is 11.6 Å². The highest BCUT2D eigenvalue weighted by molar-refractivity contribution is 6.30. The van der Waals surface area contributed by atoms with Gasteiger partial charge < -0.3 is 9.42 Å². The molecule has 0 aliphatic heterocycles. The fraction of sp³-hybridized carbons (Fsp3) is 0.312. The summed E-state index contributed by atoms with van der Waals surface area (Å²) < 4.78 is 5.37. The van der Waals surface area contributed by atoms with E-state index in [4.69, 9.17) is 16.1 Å². The Morgan fingerprint density at radius 2 is 2.14 bits per heavy atom. The molecule has 1 aromatic carbocycles. The van der Waals surface area contributed by atoms with Crippen molar-refractivity contribution < 1.29 is 4.52 Å². The second-order valence-corrected chi connectivity index (χ2v) is 5.63. The summed E-state index contributed by atoms with van der Waals surface area (Å²) in [7, 11) is 2.02. The average molecular weight is 317 g/mol. The van der Waals surface area contributed by atoms with Crippen molar-refractivity contribution in [1.82, 2.24) is 15.1 Å². The van der Waals surface area contributed by atoms with Crippen LogP contribution in [0.25, 0.3) is 22.4 Å².